The van der Waals surface area contributed by atoms with Crippen molar-refractivity contribution < 1.29 is 13.7 Å². The van der Waals surface area contributed by atoms with Gasteiger partial charge in [-0.1, -0.05) is 19.0 Å². The third kappa shape index (κ3) is 3.72. The zero-order valence-electron chi connectivity index (χ0n) is 17.4. The van der Waals surface area contributed by atoms with Gasteiger partial charge in [-0.05, 0) is 44.1 Å². The van der Waals surface area contributed by atoms with Crippen molar-refractivity contribution in [3.63, 3.8) is 0 Å². The minimum absolute atomic E-state index is 0.250. The van der Waals surface area contributed by atoms with E-state index < -0.39 is 5.82 Å². The van der Waals surface area contributed by atoms with E-state index in [1.54, 1.807) is 24.0 Å². The smallest absolute Gasteiger partial charge is 0.278 e. The number of imidazole rings is 1. The Hall–Kier alpha value is -3.07. The number of amides is 1. The van der Waals surface area contributed by atoms with E-state index >= 15 is 0 Å². The van der Waals surface area contributed by atoms with Gasteiger partial charge in [-0.2, -0.15) is 4.98 Å². The van der Waals surface area contributed by atoms with E-state index in [4.69, 9.17) is 4.52 Å². The first-order valence-corrected chi connectivity index (χ1v) is 10.2. The number of halogens is 1. The summed E-state index contributed by atoms with van der Waals surface area (Å²) in [7, 11) is 1.68. The first-order valence-electron chi connectivity index (χ1n) is 10.2. The van der Waals surface area contributed by atoms with E-state index in [0.717, 1.165) is 31.6 Å². The predicted molar refractivity (Wildman–Crippen MR) is 108 cm³/mol. The molecule has 1 aliphatic heterocycles. The molecule has 0 fully saturated rings. The second kappa shape index (κ2) is 8.35. The number of hydrogen-bond donors (Lipinski definition) is 0. The van der Waals surface area contributed by atoms with Gasteiger partial charge in [-0.25, -0.2) is 9.37 Å². The molecule has 158 valence electrons. The van der Waals surface area contributed by atoms with Crippen LogP contribution in [0.5, 0.6) is 0 Å². The molecule has 3 heterocycles. The Morgan fingerprint density at radius 3 is 2.73 bits per heavy atom. The van der Waals surface area contributed by atoms with Crippen LogP contribution in [0.2, 0.25) is 0 Å². The molecule has 1 amide bonds. The third-order valence-electron chi connectivity index (χ3n) is 5.16. The lowest BCUT2D eigenvalue weighted by atomic mass is 10.1. The summed E-state index contributed by atoms with van der Waals surface area (Å²) >= 11 is 0. The van der Waals surface area contributed by atoms with Crippen LogP contribution >= 0.6 is 0 Å². The van der Waals surface area contributed by atoms with Gasteiger partial charge in [0.2, 0.25) is 0 Å². The van der Waals surface area contributed by atoms with Crippen LogP contribution in [0.4, 0.5) is 4.39 Å². The molecule has 0 saturated carbocycles. The maximum absolute atomic E-state index is 13.8. The molecule has 0 aliphatic carbocycles. The fraction of sp³-hybridized carbons (Fsp3) is 0.429. The normalized spacial score (nSPS) is 13.5. The highest BCUT2D eigenvalue weighted by molar-refractivity contribution is 5.98. The number of nitrogens with zero attached hydrogens (tertiary/aromatic N) is 6. The van der Waals surface area contributed by atoms with Crippen molar-refractivity contribution in [1.82, 2.24) is 29.5 Å². The standard InChI is InChI=1S/C21H25FN6O2/c1-4-8-27(9-5-2)12-18-24-20(30-25-18)19-17-11-26(3)21(29)15-10-14(22)6-7-16(15)28(17)13-23-19/h6-7,10,13H,4-5,8-9,11-12H2,1-3H3. The van der Waals surface area contributed by atoms with E-state index in [9.17, 15) is 9.18 Å². The minimum atomic E-state index is -0.454. The molecule has 1 aromatic carbocycles. The maximum atomic E-state index is 13.8. The van der Waals surface area contributed by atoms with E-state index in [2.05, 4.69) is 33.9 Å². The summed E-state index contributed by atoms with van der Waals surface area (Å²) < 4.78 is 21.1. The quantitative estimate of drug-likeness (QED) is 0.593. The first-order chi connectivity index (χ1) is 14.5. The molecule has 3 aromatic rings. The van der Waals surface area contributed by atoms with Crippen LogP contribution in [0.25, 0.3) is 17.3 Å². The molecule has 0 radical (unpaired) electrons. The lowest BCUT2D eigenvalue weighted by molar-refractivity contribution is 0.0787. The van der Waals surface area contributed by atoms with Crippen LogP contribution in [0, 0.1) is 5.82 Å². The number of hydrogen-bond acceptors (Lipinski definition) is 6. The van der Waals surface area contributed by atoms with Crippen molar-refractivity contribution in [3.05, 3.63) is 47.4 Å². The Labute approximate surface area is 174 Å². The van der Waals surface area contributed by atoms with Crippen molar-refractivity contribution in [2.24, 2.45) is 0 Å². The second-order valence-electron chi connectivity index (χ2n) is 7.52. The molecular formula is C21H25FN6O2. The van der Waals surface area contributed by atoms with Gasteiger partial charge in [0.05, 0.1) is 30.0 Å². The molecule has 0 atom stereocenters. The van der Waals surface area contributed by atoms with Gasteiger partial charge in [-0.3, -0.25) is 14.3 Å². The number of fused-ring (bicyclic) bond motifs is 3. The van der Waals surface area contributed by atoms with E-state index in [-0.39, 0.29) is 5.91 Å². The van der Waals surface area contributed by atoms with Crippen molar-refractivity contribution in [3.8, 4) is 17.3 Å². The Morgan fingerprint density at radius 2 is 2.00 bits per heavy atom. The Morgan fingerprint density at radius 1 is 1.23 bits per heavy atom. The van der Waals surface area contributed by atoms with Crippen LogP contribution in [0.1, 0.15) is 48.6 Å². The fourth-order valence-corrected chi connectivity index (χ4v) is 3.82. The fourth-order valence-electron chi connectivity index (χ4n) is 3.82. The first kappa shape index (κ1) is 20.2. The summed E-state index contributed by atoms with van der Waals surface area (Å²) in [5, 5.41) is 4.13. The van der Waals surface area contributed by atoms with Gasteiger partial charge in [-0.15, -0.1) is 0 Å². The van der Waals surface area contributed by atoms with Crippen LogP contribution in [0.15, 0.2) is 29.0 Å². The summed E-state index contributed by atoms with van der Waals surface area (Å²) in [5.74, 6) is 0.219. The third-order valence-corrected chi connectivity index (χ3v) is 5.16. The van der Waals surface area contributed by atoms with Crippen LogP contribution in [-0.2, 0) is 13.1 Å². The predicted octanol–water partition coefficient (Wildman–Crippen LogP) is 3.27. The minimum Gasteiger partial charge on any atom is -0.336 e. The van der Waals surface area contributed by atoms with Crippen molar-refractivity contribution in [2.75, 3.05) is 20.1 Å². The van der Waals surface area contributed by atoms with Gasteiger partial charge in [0.15, 0.2) is 11.5 Å². The van der Waals surface area contributed by atoms with E-state index in [1.165, 1.54) is 17.0 Å². The largest absolute Gasteiger partial charge is 0.336 e. The van der Waals surface area contributed by atoms with E-state index in [1.807, 2.05) is 0 Å². The van der Waals surface area contributed by atoms with Crippen LogP contribution < -0.4 is 0 Å². The Bertz CT molecular complexity index is 1050. The molecule has 0 unspecified atom stereocenters. The highest BCUT2D eigenvalue weighted by Crippen LogP contribution is 2.30. The highest BCUT2D eigenvalue weighted by atomic mass is 19.1. The number of carbonyl (C=O) groups is 1. The summed E-state index contributed by atoms with van der Waals surface area (Å²) in [6.45, 7) is 7.13. The summed E-state index contributed by atoms with van der Waals surface area (Å²) in [6.07, 6.45) is 3.72. The van der Waals surface area contributed by atoms with Crippen LogP contribution in [0.3, 0.4) is 0 Å². The zero-order valence-corrected chi connectivity index (χ0v) is 17.4. The second-order valence-corrected chi connectivity index (χ2v) is 7.52. The summed E-state index contributed by atoms with van der Waals surface area (Å²) in [4.78, 5) is 25.6. The molecule has 0 saturated heterocycles. The molecular weight excluding hydrogens is 387 g/mol. The molecule has 8 nitrogen and oxygen atoms in total. The van der Waals surface area contributed by atoms with Crippen molar-refractivity contribution in [2.45, 2.75) is 39.8 Å². The highest BCUT2D eigenvalue weighted by Gasteiger charge is 2.29. The lowest BCUT2D eigenvalue weighted by Gasteiger charge is -2.18. The van der Waals surface area contributed by atoms with Gasteiger partial charge < -0.3 is 9.42 Å². The number of rotatable bonds is 7. The Kier molecular flexibility index (Phi) is 5.63. The maximum Gasteiger partial charge on any atom is 0.278 e. The molecule has 4 rings (SSSR count). The average molecular weight is 412 g/mol. The van der Waals surface area contributed by atoms with Gasteiger partial charge in [0.1, 0.15) is 12.1 Å². The zero-order chi connectivity index (χ0) is 21.3. The van der Waals surface area contributed by atoms with E-state index in [0.29, 0.717) is 41.7 Å². The topological polar surface area (TPSA) is 80.3 Å². The van der Waals surface area contributed by atoms with Gasteiger partial charge in [0.25, 0.3) is 11.8 Å². The number of aromatic nitrogens is 4. The van der Waals surface area contributed by atoms with Crippen LogP contribution in [-0.4, -0.2) is 55.5 Å². The molecule has 0 bridgehead atoms. The van der Waals surface area contributed by atoms with Crippen molar-refractivity contribution in [1.29, 1.82) is 0 Å². The molecule has 2 aromatic heterocycles. The summed E-state index contributed by atoms with van der Waals surface area (Å²) in [6, 6.07) is 4.18. The van der Waals surface area contributed by atoms with Gasteiger partial charge in [0, 0.05) is 7.05 Å². The van der Waals surface area contributed by atoms with Gasteiger partial charge >= 0.3 is 0 Å². The molecule has 0 spiro atoms. The van der Waals surface area contributed by atoms with Crippen molar-refractivity contribution >= 4 is 5.91 Å². The molecule has 0 N–H and O–H groups in total. The molecule has 9 heteroatoms. The summed E-state index contributed by atoms with van der Waals surface area (Å²) in [5.41, 5.74) is 2.14. The molecule has 30 heavy (non-hydrogen) atoms. The average Bonchev–Trinajstić information content (AvgIpc) is 3.32. The number of carbonyl (C=O) groups excluding carboxylic acids is 1. The molecule has 1 aliphatic rings. The monoisotopic (exact) mass is 412 g/mol. The Balaban J connectivity index is 1.69. The lowest BCUT2D eigenvalue weighted by Crippen LogP contribution is -2.25. The number of benzene rings is 1. The SMILES string of the molecule is CCCN(CCC)Cc1noc(-c2ncn3c2CN(C)C(=O)c2cc(F)ccc2-3)n1.